The number of carbonyl (C=O) groups excluding carboxylic acids is 2. The number of ether oxygens (including phenoxy) is 2. The van der Waals surface area contributed by atoms with Crippen molar-refractivity contribution in [3.8, 4) is 28.0 Å². The van der Waals surface area contributed by atoms with E-state index in [1.165, 1.54) is 33.9 Å². The molecule has 1 saturated heterocycles. The van der Waals surface area contributed by atoms with Crippen LogP contribution in [0.1, 0.15) is 70.6 Å². The maximum absolute atomic E-state index is 14.0. The number of cyclic esters (lactones) is 1. The van der Waals surface area contributed by atoms with E-state index in [9.17, 15) is 49.1 Å². The molecule has 0 aliphatic carbocycles. The SMILES string of the molecule is COc1ccc(-c2ccc(C(C)=O)cc2C)cc1-c1ccc(C(F)(F)F)cc1CN1C(=O)OC(c2cc(C(F)(F)F)cc(C(F)(F)F)c2)C1(C)C. The molecule has 1 atom stereocenters. The molecule has 0 radical (unpaired) electrons. The lowest BCUT2D eigenvalue weighted by Gasteiger charge is -2.33. The lowest BCUT2D eigenvalue weighted by Crippen LogP contribution is -2.42. The number of methoxy groups -OCH3 is 1. The van der Waals surface area contributed by atoms with Gasteiger partial charge >= 0.3 is 24.6 Å². The number of nitrogens with zero attached hydrogens (tertiary/aromatic N) is 1. The number of ketones is 1. The van der Waals surface area contributed by atoms with E-state index in [1.54, 1.807) is 43.3 Å². The number of hydrogen-bond acceptors (Lipinski definition) is 4. The molecule has 5 nitrogen and oxygen atoms in total. The van der Waals surface area contributed by atoms with Gasteiger partial charge in [-0.15, -0.1) is 0 Å². The maximum Gasteiger partial charge on any atom is 0.416 e. The van der Waals surface area contributed by atoms with E-state index < -0.39 is 65.1 Å². The van der Waals surface area contributed by atoms with Crippen LogP contribution in [-0.4, -0.2) is 29.4 Å². The van der Waals surface area contributed by atoms with Gasteiger partial charge in [0.15, 0.2) is 11.9 Å². The molecule has 1 aliphatic heterocycles. The zero-order valence-electron chi connectivity index (χ0n) is 27.7. The average Bonchev–Trinajstić information content (AvgIpc) is 3.26. The van der Waals surface area contributed by atoms with Crippen LogP contribution in [0.5, 0.6) is 5.75 Å². The first-order valence-corrected chi connectivity index (χ1v) is 15.3. The Labute approximate surface area is 286 Å². The van der Waals surface area contributed by atoms with E-state index in [2.05, 4.69) is 0 Å². The van der Waals surface area contributed by atoms with Crippen LogP contribution < -0.4 is 4.74 Å². The number of aryl methyl sites for hydroxylation is 1. The summed E-state index contributed by atoms with van der Waals surface area (Å²) >= 11 is 0. The minimum absolute atomic E-state index is 0.0549. The topological polar surface area (TPSA) is 55.8 Å². The zero-order chi connectivity index (χ0) is 37.8. The van der Waals surface area contributed by atoms with E-state index in [-0.39, 0.29) is 28.7 Å². The summed E-state index contributed by atoms with van der Waals surface area (Å²) in [5.74, 6) is 0.108. The first-order valence-electron chi connectivity index (χ1n) is 15.3. The van der Waals surface area contributed by atoms with Crippen LogP contribution in [0.2, 0.25) is 0 Å². The van der Waals surface area contributed by atoms with Gasteiger partial charge in [-0.25, -0.2) is 4.79 Å². The third-order valence-electron chi connectivity index (χ3n) is 8.88. The first-order chi connectivity index (χ1) is 23.5. The number of Topliss-reactive ketones (excluding diaryl/α,β-unsaturated/α-hetero) is 1. The molecule has 0 saturated carbocycles. The monoisotopic (exact) mass is 723 g/mol. The van der Waals surface area contributed by atoms with Crippen molar-refractivity contribution in [3.63, 3.8) is 0 Å². The molecule has 14 heteroatoms. The van der Waals surface area contributed by atoms with E-state index in [0.717, 1.165) is 22.6 Å². The third-order valence-corrected chi connectivity index (χ3v) is 8.88. The van der Waals surface area contributed by atoms with Crippen molar-refractivity contribution < 1.29 is 58.6 Å². The standard InChI is InChI=1S/C37H30F9NO4/c1-19-12-21(20(2)48)6-9-28(19)22-7-11-31(50-5)30(16-22)29-10-8-25(35(38,39)40)15-24(29)18-47-33(49)51-32(34(47,3)4)23-13-26(36(41,42)43)17-27(14-23)37(44,45)46/h6-17,32H,18H2,1-5H3. The summed E-state index contributed by atoms with van der Waals surface area (Å²) in [4.78, 5) is 26.2. The van der Waals surface area contributed by atoms with Crippen molar-refractivity contribution in [2.45, 2.75) is 64.4 Å². The van der Waals surface area contributed by atoms with Crippen LogP contribution in [0.3, 0.4) is 0 Å². The Morgan fingerprint density at radius 3 is 1.88 bits per heavy atom. The highest BCUT2D eigenvalue weighted by Gasteiger charge is 2.50. The molecular weight excluding hydrogens is 693 g/mol. The minimum Gasteiger partial charge on any atom is -0.496 e. The number of amides is 1. The number of carbonyl (C=O) groups is 2. The Bertz CT molecular complexity index is 1980. The third kappa shape index (κ3) is 7.40. The lowest BCUT2D eigenvalue weighted by atomic mass is 9.87. The Morgan fingerprint density at radius 2 is 1.35 bits per heavy atom. The van der Waals surface area contributed by atoms with E-state index in [1.807, 2.05) is 0 Å². The predicted molar refractivity (Wildman–Crippen MR) is 169 cm³/mol. The summed E-state index contributed by atoms with van der Waals surface area (Å²) in [7, 11) is 1.35. The van der Waals surface area contributed by atoms with Crippen LogP contribution in [0.15, 0.2) is 72.8 Å². The van der Waals surface area contributed by atoms with Crippen LogP contribution in [-0.2, 0) is 29.8 Å². The number of rotatable bonds is 7. The lowest BCUT2D eigenvalue weighted by molar-refractivity contribution is -0.143. The molecule has 51 heavy (non-hydrogen) atoms. The van der Waals surface area contributed by atoms with Crippen molar-refractivity contribution in [2.24, 2.45) is 0 Å². The first kappa shape index (κ1) is 37.3. The fourth-order valence-corrected chi connectivity index (χ4v) is 6.19. The Morgan fingerprint density at radius 1 is 0.765 bits per heavy atom. The van der Waals surface area contributed by atoms with E-state index in [4.69, 9.17) is 9.47 Å². The molecule has 4 aromatic rings. The highest BCUT2D eigenvalue weighted by Crippen LogP contribution is 2.47. The molecule has 1 unspecified atom stereocenters. The number of hydrogen-bond donors (Lipinski definition) is 0. The van der Waals surface area contributed by atoms with E-state index in [0.29, 0.717) is 34.4 Å². The summed E-state index contributed by atoms with van der Waals surface area (Å²) in [6.45, 7) is 5.29. The highest BCUT2D eigenvalue weighted by molar-refractivity contribution is 5.95. The molecule has 0 N–H and O–H groups in total. The van der Waals surface area contributed by atoms with Gasteiger partial charge in [-0.3, -0.25) is 9.69 Å². The maximum atomic E-state index is 14.0. The predicted octanol–water partition coefficient (Wildman–Crippen LogP) is 11.1. The van der Waals surface area contributed by atoms with Gasteiger partial charge in [-0.1, -0.05) is 24.3 Å². The van der Waals surface area contributed by atoms with Gasteiger partial charge in [0, 0.05) is 11.1 Å². The fraction of sp³-hybridized carbons (Fsp3) is 0.297. The van der Waals surface area contributed by atoms with Crippen LogP contribution >= 0.6 is 0 Å². The molecule has 1 aliphatic rings. The molecule has 0 bridgehead atoms. The quantitative estimate of drug-likeness (QED) is 0.141. The van der Waals surface area contributed by atoms with Gasteiger partial charge < -0.3 is 9.47 Å². The summed E-state index contributed by atoms with van der Waals surface area (Å²) in [5, 5.41) is 0. The molecule has 0 spiro atoms. The van der Waals surface area contributed by atoms with Gasteiger partial charge in [0.1, 0.15) is 5.75 Å². The second-order valence-corrected chi connectivity index (χ2v) is 12.7. The van der Waals surface area contributed by atoms with Gasteiger partial charge in [0.2, 0.25) is 0 Å². The summed E-state index contributed by atoms with van der Waals surface area (Å²) in [6, 6.07) is 13.8. The van der Waals surface area contributed by atoms with Crippen LogP contribution in [0, 0.1) is 6.92 Å². The summed E-state index contributed by atoms with van der Waals surface area (Å²) < 4.78 is 135. The molecule has 1 fully saturated rings. The minimum atomic E-state index is -5.17. The Balaban J connectivity index is 1.63. The smallest absolute Gasteiger partial charge is 0.416 e. The number of halogens is 9. The molecule has 1 amide bonds. The Hall–Kier alpha value is -5.01. The van der Waals surface area contributed by atoms with Crippen LogP contribution in [0.4, 0.5) is 44.3 Å². The molecule has 5 rings (SSSR count). The second-order valence-electron chi connectivity index (χ2n) is 12.7. The molecular formula is C37H30F9NO4. The van der Waals surface area contributed by atoms with Crippen molar-refractivity contribution in [2.75, 3.05) is 7.11 Å². The molecule has 0 aromatic heterocycles. The van der Waals surface area contributed by atoms with E-state index >= 15 is 0 Å². The normalized spacial score (nSPS) is 16.3. The van der Waals surface area contributed by atoms with Crippen molar-refractivity contribution in [3.05, 3.63) is 112 Å². The van der Waals surface area contributed by atoms with Gasteiger partial charge in [0.05, 0.1) is 35.9 Å². The average molecular weight is 724 g/mol. The fourth-order valence-electron chi connectivity index (χ4n) is 6.19. The van der Waals surface area contributed by atoms with Gasteiger partial charge in [-0.2, -0.15) is 39.5 Å². The van der Waals surface area contributed by atoms with Gasteiger partial charge in [0.25, 0.3) is 0 Å². The zero-order valence-corrected chi connectivity index (χ0v) is 27.7. The molecule has 4 aromatic carbocycles. The largest absolute Gasteiger partial charge is 0.496 e. The number of alkyl halides is 9. The van der Waals surface area contributed by atoms with Gasteiger partial charge in [-0.05, 0) is 110 Å². The van der Waals surface area contributed by atoms with Crippen molar-refractivity contribution >= 4 is 11.9 Å². The van der Waals surface area contributed by atoms with Crippen molar-refractivity contribution in [1.29, 1.82) is 0 Å². The summed E-state index contributed by atoms with van der Waals surface area (Å²) in [6.07, 6.45) is -18.0. The number of benzene rings is 4. The summed E-state index contributed by atoms with van der Waals surface area (Å²) in [5.41, 5.74) is -3.54. The highest BCUT2D eigenvalue weighted by atomic mass is 19.4. The second kappa shape index (κ2) is 13.0. The van der Waals surface area contributed by atoms with Crippen LogP contribution in [0.25, 0.3) is 22.3 Å². The molecule has 1 heterocycles. The van der Waals surface area contributed by atoms with Crippen molar-refractivity contribution in [1.82, 2.24) is 4.90 Å². The molecule has 270 valence electrons. The Kier molecular flexibility index (Phi) is 9.46.